The van der Waals surface area contributed by atoms with Crippen LogP contribution < -0.4 is 5.32 Å². The Kier molecular flexibility index (Phi) is 68.9. The number of esters is 1. The zero-order chi connectivity index (χ0) is 58.5. The molecule has 81 heavy (non-hydrogen) atoms. The van der Waals surface area contributed by atoms with Crippen LogP contribution in [0.1, 0.15) is 406 Å². The van der Waals surface area contributed by atoms with Crippen molar-refractivity contribution in [1.82, 2.24) is 5.32 Å². The van der Waals surface area contributed by atoms with Crippen molar-refractivity contribution in [2.24, 2.45) is 0 Å². The number of hydrogen-bond acceptors (Lipinski definition) is 5. The topological polar surface area (TPSA) is 95.9 Å². The summed E-state index contributed by atoms with van der Waals surface area (Å²) in [5.74, 6) is -0.0531. The van der Waals surface area contributed by atoms with E-state index in [1.807, 2.05) is 6.08 Å². The molecule has 0 fully saturated rings. The standard InChI is InChI=1S/C75H143NO5/c1-3-5-7-9-11-13-15-17-19-20-34-37-40-43-47-51-55-59-63-67-73(78)72(71-77)76-74(79)68-64-60-56-52-48-44-41-38-35-32-30-28-26-24-22-21-23-25-27-29-31-33-36-39-42-46-50-54-58-62-66-70-81-75(80)69-65-61-57-53-49-45-18-16-14-12-10-8-6-4-2/h16,18,23,25,63,67,72-73,77-78H,3-15,17,19-22,24,26-62,64-66,68-71H2,1-2H3,(H,76,79)/b18-16-,25-23-,67-63+. The Balaban J connectivity index is 3.38. The minimum atomic E-state index is -0.844. The monoisotopic (exact) mass is 1140 g/mol. The zero-order valence-corrected chi connectivity index (χ0v) is 54.8. The number of allylic oxidation sites excluding steroid dienone is 5. The van der Waals surface area contributed by atoms with Crippen molar-refractivity contribution in [2.45, 2.75) is 418 Å². The highest BCUT2D eigenvalue weighted by Gasteiger charge is 2.18. The Hall–Kier alpha value is -1.92. The average Bonchev–Trinajstić information content (AvgIpc) is 3.47. The van der Waals surface area contributed by atoms with E-state index in [-0.39, 0.29) is 18.5 Å². The summed E-state index contributed by atoms with van der Waals surface area (Å²) in [4.78, 5) is 24.6. The van der Waals surface area contributed by atoms with E-state index in [1.165, 1.54) is 334 Å². The fourth-order valence-electron chi connectivity index (χ4n) is 11.5. The number of unbranched alkanes of at least 4 members (excludes halogenated alkanes) is 54. The van der Waals surface area contributed by atoms with Crippen molar-refractivity contribution in [3.63, 3.8) is 0 Å². The quantitative estimate of drug-likeness (QED) is 0.0320. The predicted octanol–water partition coefficient (Wildman–Crippen LogP) is 23.9. The van der Waals surface area contributed by atoms with Gasteiger partial charge >= 0.3 is 5.97 Å². The summed E-state index contributed by atoms with van der Waals surface area (Å²) >= 11 is 0. The Morgan fingerprint density at radius 2 is 0.580 bits per heavy atom. The lowest BCUT2D eigenvalue weighted by atomic mass is 10.0. The molecule has 0 bridgehead atoms. The van der Waals surface area contributed by atoms with Gasteiger partial charge < -0.3 is 20.3 Å². The molecule has 0 spiro atoms. The number of carbonyl (C=O) groups is 2. The Morgan fingerprint density at radius 3 is 0.877 bits per heavy atom. The van der Waals surface area contributed by atoms with E-state index in [0.717, 1.165) is 44.9 Å². The summed E-state index contributed by atoms with van der Waals surface area (Å²) in [6.07, 6.45) is 90.9. The molecule has 2 unspecified atom stereocenters. The number of carbonyl (C=O) groups excluding carboxylic acids is 2. The van der Waals surface area contributed by atoms with E-state index in [9.17, 15) is 19.8 Å². The predicted molar refractivity (Wildman–Crippen MR) is 356 cm³/mol. The number of ether oxygens (including phenoxy) is 1. The molecule has 478 valence electrons. The molecular formula is C75H143NO5. The Morgan fingerprint density at radius 1 is 0.333 bits per heavy atom. The van der Waals surface area contributed by atoms with E-state index in [1.54, 1.807) is 6.08 Å². The first-order valence-electron chi connectivity index (χ1n) is 36.8. The summed E-state index contributed by atoms with van der Waals surface area (Å²) in [5, 5.41) is 23.2. The van der Waals surface area contributed by atoms with Crippen LogP contribution in [0.25, 0.3) is 0 Å². The molecule has 0 saturated heterocycles. The Labute approximate surface area is 506 Å². The lowest BCUT2D eigenvalue weighted by Crippen LogP contribution is -2.45. The average molecular weight is 1140 g/mol. The van der Waals surface area contributed by atoms with E-state index in [0.29, 0.717) is 19.4 Å². The van der Waals surface area contributed by atoms with Gasteiger partial charge in [0.1, 0.15) is 0 Å². The third kappa shape index (κ3) is 67.1. The maximum absolute atomic E-state index is 12.5. The molecule has 0 aromatic carbocycles. The third-order valence-corrected chi connectivity index (χ3v) is 17.1. The van der Waals surface area contributed by atoms with Crippen molar-refractivity contribution in [2.75, 3.05) is 13.2 Å². The molecule has 0 saturated carbocycles. The highest BCUT2D eigenvalue weighted by molar-refractivity contribution is 5.76. The second-order valence-electron chi connectivity index (χ2n) is 25.3. The van der Waals surface area contributed by atoms with Crippen LogP contribution in [0.2, 0.25) is 0 Å². The van der Waals surface area contributed by atoms with Crippen LogP contribution in [-0.4, -0.2) is 47.4 Å². The first kappa shape index (κ1) is 79.1. The molecule has 2 atom stereocenters. The molecule has 0 aromatic heterocycles. The van der Waals surface area contributed by atoms with Crippen LogP contribution in [0.3, 0.4) is 0 Å². The molecule has 0 aromatic rings. The van der Waals surface area contributed by atoms with E-state index in [2.05, 4.69) is 43.5 Å². The molecule has 0 aliphatic rings. The van der Waals surface area contributed by atoms with E-state index < -0.39 is 12.1 Å². The minimum Gasteiger partial charge on any atom is -0.466 e. The van der Waals surface area contributed by atoms with Crippen LogP contribution in [0.4, 0.5) is 0 Å². The fourth-order valence-corrected chi connectivity index (χ4v) is 11.5. The van der Waals surface area contributed by atoms with Crippen molar-refractivity contribution >= 4 is 11.9 Å². The van der Waals surface area contributed by atoms with Crippen LogP contribution in [0.15, 0.2) is 36.5 Å². The van der Waals surface area contributed by atoms with Gasteiger partial charge in [0.2, 0.25) is 5.91 Å². The summed E-state index contributed by atoms with van der Waals surface area (Å²) < 4.78 is 5.49. The highest BCUT2D eigenvalue weighted by atomic mass is 16.5. The minimum absolute atomic E-state index is 0.00927. The van der Waals surface area contributed by atoms with Gasteiger partial charge in [-0.1, -0.05) is 346 Å². The van der Waals surface area contributed by atoms with Gasteiger partial charge in [-0.2, -0.15) is 0 Å². The van der Waals surface area contributed by atoms with Crippen molar-refractivity contribution in [1.29, 1.82) is 0 Å². The molecule has 6 heteroatoms. The van der Waals surface area contributed by atoms with E-state index >= 15 is 0 Å². The smallest absolute Gasteiger partial charge is 0.305 e. The molecule has 0 aliphatic heterocycles. The van der Waals surface area contributed by atoms with E-state index in [4.69, 9.17) is 4.74 Å². The summed E-state index contributed by atoms with van der Waals surface area (Å²) in [7, 11) is 0. The van der Waals surface area contributed by atoms with Gasteiger partial charge in [-0.05, 0) is 83.5 Å². The number of hydrogen-bond donors (Lipinski definition) is 3. The highest BCUT2D eigenvalue weighted by Crippen LogP contribution is 2.19. The van der Waals surface area contributed by atoms with Gasteiger partial charge in [0.15, 0.2) is 0 Å². The lowest BCUT2D eigenvalue weighted by Gasteiger charge is -2.20. The fraction of sp³-hybridized carbons (Fsp3) is 0.893. The SMILES string of the molecule is CCCCCCC/C=C\CCCCCCCC(=O)OCCCCCCCCCCCCCC/C=C\CCCCCCCCCCCCCCCCCC(=O)NC(CO)C(O)/C=C/CCCCCCCCCCCCCCCCCCC. The zero-order valence-electron chi connectivity index (χ0n) is 54.8. The largest absolute Gasteiger partial charge is 0.466 e. The second-order valence-corrected chi connectivity index (χ2v) is 25.3. The molecule has 0 aliphatic carbocycles. The van der Waals surface area contributed by atoms with Gasteiger partial charge in [0.05, 0.1) is 25.4 Å². The number of aliphatic hydroxyl groups is 2. The molecule has 0 rings (SSSR count). The lowest BCUT2D eigenvalue weighted by molar-refractivity contribution is -0.143. The van der Waals surface area contributed by atoms with Crippen molar-refractivity contribution < 1.29 is 24.5 Å². The summed E-state index contributed by atoms with van der Waals surface area (Å²) in [6.45, 7) is 4.93. The molecule has 3 N–H and O–H groups in total. The maximum Gasteiger partial charge on any atom is 0.305 e. The van der Waals surface area contributed by atoms with Crippen LogP contribution in [0, 0.1) is 0 Å². The summed E-state index contributed by atoms with van der Waals surface area (Å²) in [6, 6.07) is -0.627. The van der Waals surface area contributed by atoms with Gasteiger partial charge in [-0.25, -0.2) is 0 Å². The first-order valence-corrected chi connectivity index (χ1v) is 36.8. The first-order chi connectivity index (χ1) is 40.0. The molecule has 1 amide bonds. The number of amides is 1. The molecule has 0 radical (unpaired) electrons. The number of rotatable bonds is 69. The van der Waals surface area contributed by atoms with Gasteiger partial charge in [0.25, 0.3) is 0 Å². The molecule has 6 nitrogen and oxygen atoms in total. The maximum atomic E-state index is 12.5. The number of aliphatic hydroxyl groups excluding tert-OH is 2. The van der Waals surface area contributed by atoms with Crippen LogP contribution >= 0.6 is 0 Å². The second kappa shape index (κ2) is 70.6. The van der Waals surface area contributed by atoms with Crippen molar-refractivity contribution in [3.8, 4) is 0 Å². The Bertz CT molecular complexity index is 1310. The molecule has 0 heterocycles. The normalized spacial score (nSPS) is 12.7. The van der Waals surface area contributed by atoms with Gasteiger partial charge in [0, 0.05) is 12.8 Å². The van der Waals surface area contributed by atoms with Gasteiger partial charge in [-0.3, -0.25) is 9.59 Å². The van der Waals surface area contributed by atoms with Gasteiger partial charge in [-0.15, -0.1) is 0 Å². The third-order valence-electron chi connectivity index (χ3n) is 17.1. The van der Waals surface area contributed by atoms with Crippen molar-refractivity contribution in [3.05, 3.63) is 36.5 Å². The van der Waals surface area contributed by atoms with Crippen LogP contribution in [0.5, 0.6) is 0 Å². The van der Waals surface area contributed by atoms with Crippen LogP contribution in [-0.2, 0) is 14.3 Å². The number of nitrogens with one attached hydrogen (secondary N) is 1. The molecular weight excluding hydrogens is 995 g/mol. The summed E-state index contributed by atoms with van der Waals surface area (Å²) in [5.41, 5.74) is 0.